The van der Waals surface area contributed by atoms with Gasteiger partial charge in [0.1, 0.15) is 23.9 Å². The molecule has 0 bridgehead atoms. The Morgan fingerprint density at radius 2 is 1.42 bits per heavy atom. The number of carbonyl (C=O) groups excluding carboxylic acids is 3. The first-order valence-corrected chi connectivity index (χ1v) is 13.6. The fourth-order valence-electron chi connectivity index (χ4n) is 3.53. The van der Waals surface area contributed by atoms with Crippen molar-refractivity contribution in [3.8, 4) is 5.75 Å². The third-order valence-corrected chi connectivity index (χ3v) is 6.22. The van der Waals surface area contributed by atoms with E-state index in [1.54, 1.807) is 18.4 Å². The average Bonchev–Trinajstić information content (AvgIpc) is 2.84. The van der Waals surface area contributed by atoms with Gasteiger partial charge in [0, 0.05) is 6.42 Å². The molecule has 13 heteroatoms. The molecule has 3 amide bonds. The zero-order valence-corrected chi connectivity index (χ0v) is 22.6. The first-order chi connectivity index (χ1) is 17.8. The van der Waals surface area contributed by atoms with Crippen LogP contribution in [0.3, 0.4) is 0 Å². The van der Waals surface area contributed by atoms with Crippen molar-refractivity contribution in [1.29, 1.82) is 0 Å². The molecule has 4 unspecified atom stereocenters. The summed E-state index contributed by atoms with van der Waals surface area (Å²) in [5, 5.41) is 35.4. The van der Waals surface area contributed by atoms with Crippen molar-refractivity contribution < 1.29 is 39.3 Å². The Morgan fingerprint density at radius 3 is 1.95 bits per heavy atom. The Balaban J connectivity index is 2.98. The predicted molar refractivity (Wildman–Crippen MR) is 143 cm³/mol. The van der Waals surface area contributed by atoms with Gasteiger partial charge in [-0.2, -0.15) is 11.8 Å². The van der Waals surface area contributed by atoms with Gasteiger partial charge in [0.25, 0.3) is 0 Å². The Kier molecular flexibility index (Phi) is 14.2. The predicted octanol–water partition coefficient (Wildman–Crippen LogP) is 0.465. The van der Waals surface area contributed by atoms with Gasteiger partial charge < -0.3 is 37.0 Å². The summed E-state index contributed by atoms with van der Waals surface area (Å²) in [5.41, 5.74) is 6.73. The molecular weight excluding hydrogens is 516 g/mol. The molecule has 1 aromatic carbocycles. The normalized spacial score (nSPS) is 14.1. The van der Waals surface area contributed by atoms with Gasteiger partial charge in [-0.25, -0.2) is 4.79 Å². The summed E-state index contributed by atoms with van der Waals surface area (Å²) in [5.74, 6) is -4.08. The smallest absolute Gasteiger partial charge is 0.326 e. The fraction of sp³-hybridized carbons (Fsp3) is 0.560. The van der Waals surface area contributed by atoms with Crippen LogP contribution in [-0.2, 0) is 30.4 Å². The molecular formula is C25H38N4O8S. The lowest BCUT2D eigenvalue weighted by Gasteiger charge is -2.26. The lowest BCUT2D eigenvalue weighted by atomic mass is 10.0. The highest BCUT2D eigenvalue weighted by atomic mass is 32.2. The number of hydrogen-bond donors (Lipinski definition) is 7. The molecule has 12 nitrogen and oxygen atoms in total. The van der Waals surface area contributed by atoms with Crippen LogP contribution in [0, 0.1) is 5.92 Å². The van der Waals surface area contributed by atoms with Crippen molar-refractivity contribution in [1.82, 2.24) is 16.0 Å². The van der Waals surface area contributed by atoms with Gasteiger partial charge in [-0.15, -0.1) is 0 Å². The van der Waals surface area contributed by atoms with Gasteiger partial charge in [0.05, 0.1) is 6.04 Å². The van der Waals surface area contributed by atoms with Gasteiger partial charge in [-0.3, -0.25) is 19.2 Å². The number of amides is 3. The largest absolute Gasteiger partial charge is 0.508 e. The number of rotatable bonds is 17. The number of aromatic hydroxyl groups is 1. The molecule has 0 heterocycles. The summed E-state index contributed by atoms with van der Waals surface area (Å²) in [4.78, 5) is 61.4. The SMILES string of the molecule is CSCCC(NC(=O)C(CCC(=O)O)NC(=O)C(CC(C)C)NC(=O)C(N)Cc1ccc(O)cc1)C(=O)O. The summed E-state index contributed by atoms with van der Waals surface area (Å²) in [7, 11) is 0. The number of hydrogen-bond acceptors (Lipinski definition) is 8. The second-order valence-corrected chi connectivity index (χ2v) is 10.3. The first kappa shape index (κ1) is 32.7. The van der Waals surface area contributed by atoms with Crippen molar-refractivity contribution in [2.75, 3.05) is 12.0 Å². The van der Waals surface area contributed by atoms with Crippen molar-refractivity contribution in [2.24, 2.45) is 11.7 Å². The van der Waals surface area contributed by atoms with E-state index in [0.29, 0.717) is 11.3 Å². The molecule has 0 aliphatic rings. The minimum Gasteiger partial charge on any atom is -0.508 e. The number of carbonyl (C=O) groups is 5. The standard InChI is InChI=1S/C25H38N4O8S/c1-14(2)12-20(29-22(33)17(26)13-15-4-6-16(30)7-5-15)24(35)27-18(8-9-21(31)32)23(34)28-19(25(36)37)10-11-38-3/h4-7,14,17-20,30H,8-13,26H2,1-3H3,(H,27,35)(H,28,34)(H,29,33)(H,31,32)(H,36,37). The maximum Gasteiger partial charge on any atom is 0.326 e. The third kappa shape index (κ3) is 12.3. The summed E-state index contributed by atoms with van der Waals surface area (Å²) < 4.78 is 0. The minimum absolute atomic E-state index is 0.0337. The quantitative estimate of drug-likeness (QED) is 0.141. The van der Waals surface area contributed by atoms with Crippen LogP contribution in [0.5, 0.6) is 5.75 Å². The second kappa shape index (κ2) is 16.5. The molecule has 212 valence electrons. The van der Waals surface area contributed by atoms with Crippen molar-refractivity contribution in [3.05, 3.63) is 29.8 Å². The monoisotopic (exact) mass is 554 g/mol. The Hall–Kier alpha value is -3.32. The molecule has 4 atom stereocenters. The van der Waals surface area contributed by atoms with Gasteiger partial charge in [-0.05, 0) is 61.3 Å². The van der Waals surface area contributed by atoms with Crippen molar-refractivity contribution in [2.45, 2.75) is 70.1 Å². The Bertz CT molecular complexity index is 957. The zero-order chi connectivity index (χ0) is 28.8. The average molecular weight is 555 g/mol. The van der Waals surface area contributed by atoms with Crippen LogP contribution in [0.2, 0.25) is 0 Å². The molecule has 0 radical (unpaired) electrons. The topological polar surface area (TPSA) is 208 Å². The third-order valence-electron chi connectivity index (χ3n) is 5.57. The zero-order valence-electron chi connectivity index (χ0n) is 21.8. The summed E-state index contributed by atoms with van der Waals surface area (Å²) >= 11 is 1.40. The molecule has 0 fully saturated rings. The number of carboxylic acid groups (broad SMARTS) is 2. The van der Waals surface area contributed by atoms with Crippen molar-refractivity contribution in [3.63, 3.8) is 0 Å². The van der Waals surface area contributed by atoms with E-state index in [1.165, 1.54) is 23.9 Å². The maximum absolute atomic E-state index is 13.1. The van der Waals surface area contributed by atoms with E-state index in [-0.39, 0.29) is 37.4 Å². The van der Waals surface area contributed by atoms with Gasteiger partial charge in [0.2, 0.25) is 17.7 Å². The Labute approximate surface area is 226 Å². The van der Waals surface area contributed by atoms with E-state index < -0.39 is 60.2 Å². The fourth-order valence-corrected chi connectivity index (χ4v) is 4.01. The molecule has 0 saturated heterocycles. The number of aliphatic carboxylic acids is 2. The first-order valence-electron chi connectivity index (χ1n) is 12.2. The molecule has 0 aromatic heterocycles. The lowest BCUT2D eigenvalue weighted by molar-refractivity contribution is -0.143. The van der Waals surface area contributed by atoms with Gasteiger partial charge >= 0.3 is 11.9 Å². The molecule has 0 aliphatic carbocycles. The maximum atomic E-state index is 13.1. The van der Waals surface area contributed by atoms with E-state index in [1.807, 2.05) is 13.8 Å². The highest BCUT2D eigenvalue weighted by Crippen LogP contribution is 2.12. The molecule has 38 heavy (non-hydrogen) atoms. The number of carboxylic acids is 2. The van der Waals surface area contributed by atoms with Crippen molar-refractivity contribution >= 4 is 41.4 Å². The van der Waals surface area contributed by atoms with E-state index in [4.69, 9.17) is 10.8 Å². The highest BCUT2D eigenvalue weighted by Gasteiger charge is 2.31. The lowest BCUT2D eigenvalue weighted by Crippen LogP contribution is -2.57. The number of nitrogens with one attached hydrogen (secondary N) is 3. The van der Waals surface area contributed by atoms with Crippen LogP contribution >= 0.6 is 11.8 Å². The second-order valence-electron chi connectivity index (χ2n) is 9.34. The number of phenols is 1. The van der Waals surface area contributed by atoms with Crippen LogP contribution in [0.25, 0.3) is 0 Å². The number of phenolic OH excluding ortho intramolecular Hbond substituents is 1. The molecule has 0 aliphatic heterocycles. The molecule has 0 spiro atoms. The van der Waals surface area contributed by atoms with Crippen LogP contribution < -0.4 is 21.7 Å². The minimum atomic E-state index is -1.33. The molecule has 0 saturated carbocycles. The summed E-state index contributed by atoms with van der Waals surface area (Å²) in [6, 6.07) is 1.57. The van der Waals surface area contributed by atoms with E-state index >= 15 is 0 Å². The van der Waals surface area contributed by atoms with Gasteiger partial charge in [-0.1, -0.05) is 26.0 Å². The van der Waals surface area contributed by atoms with Crippen LogP contribution in [-0.4, -0.2) is 81.2 Å². The summed E-state index contributed by atoms with van der Waals surface area (Å²) in [6.45, 7) is 3.67. The van der Waals surface area contributed by atoms with Crippen LogP contribution in [0.1, 0.15) is 45.1 Å². The molecule has 1 rings (SSSR count). The number of benzene rings is 1. The van der Waals surface area contributed by atoms with E-state index in [0.717, 1.165) is 0 Å². The van der Waals surface area contributed by atoms with Gasteiger partial charge in [0.15, 0.2) is 0 Å². The number of thioether (sulfide) groups is 1. The molecule has 8 N–H and O–H groups in total. The molecule has 1 aromatic rings. The highest BCUT2D eigenvalue weighted by molar-refractivity contribution is 7.98. The van der Waals surface area contributed by atoms with E-state index in [2.05, 4.69) is 16.0 Å². The Morgan fingerprint density at radius 1 is 0.868 bits per heavy atom. The van der Waals surface area contributed by atoms with E-state index in [9.17, 15) is 34.2 Å². The number of nitrogens with two attached hydrogens (primary N) is 1. The van der Waals surface area contributed by atoms with Crippen LogP contribution in [0.15, 0.2) is 24.3 Å². The van der Waals surface area contributed by atoms with Crippen LogP contribution in [0.4, 0.5) is 0 Å². The summed E-state index contributed by atoms with van der Waals surface area (Å²) in [6.07, 6.45) is 1.58.